The van der Waals surface area contributed by atoms with Gasteiger partial charge in [0.2, 0.25) is 5.91 Å². The van der Waals surface area contributed by atoms with E-state index >= 15 is 0 Å². The van der Waals surface area contributed by atoms with Crippen molar-refractivity contribution in [2.24, 2.45) is 0 Å². The molecule has 0 spiro atoms. The predicted octanol–water partition coefficient (Wildman–Crippen LogP) is 7.61. The van der Waals surface area contributed by atoms with Crippen molar-refractivity contribution in [3.63, 3.8) is 0 Å². The molecule has 202 valence electrons. The minimum atomic E-state index is 0.0571. The van der Waals surface area contributed by atoms with E-state index in [4.69, 9.17) is 27.9 Å². The number of aromatic nitrogens is 1. The number of nitrogens with zero attached hydrogens (tertiary/aromatic N) is 2. The summed E-state index contributed by atoms with van der Waals surface area (Å²) in [7, 11) is 1.86. The number of carbonyl (C=O) groups is 1. The smallest absolute Gasteiger partial charge is 0.226 e. The quantitative estimate of drug-likeness (QED) is 0.176. The highest BCUT2D eigenvalue weighted by atomic mass is 35.5. The second-order valence-corrected chi connectivity index (χ2v) is 10.9. The summed E-state index contributed by atoms with van der Waals surface area (Å²) < 4.78 is 7.98. The Bertz CT molecular complexity index is 1370. The molecule has 39 heavy (non-hydrogen) atoms. The Morgan fingerprint density at radius 2 is 1.59 bits per heavy atom. The average Bonchev–Trinajstić information content (AvgIpc) is 2.93. The third kappa shape index (κ3) is 8.32. The largest absolute Gasteiger partial charge is 0.491 e. The van der Waals surface area contributed by atoms with Crippen LogP contribution in [0.2, 0.25) is 10.0 Å². The van der Waals surface area contributed by atoms with E-state index in [0.29, 0.717) is 23.0 Å². The van der Waals surface area contributed by atoms with Crippen LogP contribution in [0.4, 0.5) is 0 Å². The predicted molar refractivity (Wildman–Crippen MR) is 159 cm³/mol. The van der Waals surface area contributed by atoms with Gasteiger partial charge < -0.3 is 9.64 Å². The van der Waals surface area contributed by atoms with Gasteiger partial charge >= 0.3 is 0 Å². The van der Waals surface area contributed by atoms with E-state index in [1.54, 1.807) is 0 Å². The molecule has 0 fully saturated rings. The lowest BCUT2D eigenvalue weighted by molar-refractivity contribution is -0.697. The summed E-state index contributed by atoms with van der Waals surface area (Å²) in [6, 6.07) is 28.1. The van der Waals surface area contributed by atoms with Gasteiger partial charge in [-0.3, -0.25) is 4.79 Å². The van der Waals surface area contributed by atoms with Crippen LogP contribution in [0.15, 0.2) is 97.3 Å². The topological polar surface area (TPSA) is 33.4 Å². The highest BCUT2D eigenvalue weighted by Gasteiger charge is 2.21. The average molecular weight is 563 g/mol. The molecule has 1 amide bonds. The Balaban J connectivity index is 1.45. The third-order valence-electron chi connectivity index (χ3n) is 6.69. The van der Waals surface area contributed by atoms with Crippen LogP contribution in [-0.4, -0.2) is 30.5 Å². The molecule has 1 unspecified atom stereocenters. The number of amides is 1. The van der Waals surface area contributed by atoms with E-state index in [9.17, 15) is 4.79 Å². The molecule has 0 saturated heterocycles. The summed E-state index contributed by atoms with van der Waals surface area (Å²) in [6.07, 6.45) is 5.45. The number of likely N-dealkylation sites (N-methyl/N-ethyl adjacent to an activating group) is 1. The second-order valence-electron chi connectivity index (χ2n) is 10.1. The Morgan fingerprint density at radius 1 is 0.872 bits per heavy atom. The first kappa shape index (κ1) is 28.7. The Hall–Kier alpha value is -3.34. The lowest BCUT2D eigenvalue weighted by Crippen LogP contribution is -2.36. The standard InChI is InChI=1S/C33H35Cl2N2O2/c1-24(2)39-30-11-7-8-25(20-30)21-33(38)36(3)23-29(28-12-13-31(34)32(35)22-28)16-19-37-17-14-27(15-18-37)26-9-5-4-6-10-26/h4-15,17-18,20,22,24,29H,16,19,21,23H2,1-3H3/q+1. The molecule has 0 aliphatic heterocycles. The molecule has 1 aromatic heterocycles. The number of hydrogen-bond donors (Lipinski definition) is 0. The van der Waals surface area contributed by atoms with Crippen LogP contribution in [0, 0.1) is 0 Å². The normalized spacial score (nSPS) is 11.8. The van der Waals surface area contributed by atoms with Crippen molar-refractivity contribution in [2.75, 3.05) is 13.6 Å². The lowest BCUT2D eigenvalue weighted by Gasteiger charge is -2.24. The zero-order chi connectivity index (χ0) is 27.8. The number of aryl methyl sites for hydroxylation is 1. The number of pyridine rings is 1. The van der Waals surface area contributed by atoms with E-state index in [1.807, 2.05) is 86.5 Å². The fourth-order valence-electron chi connectivity index (χ4n) is 4.61. The first-order chi connectivity index (χ1) is 18.8. The van der Waals surface area contributed by atoms with Crippen LogP contribution < -0.4 is 9.30 Å². The van der Waals surface area contributed by atoms with Gasteiger partial charge in [-0.1, -0.05) is 71.7 Å². The summed E-state index contributed by atoms with van der Waals surface area (Å²) in [5.41, 5.74) is 4.38. The molecule has 4 nitrogen and oxygen atoms in total. The van der Waals surface area contributed by atoms with Gasteiger partial charge in [0, 0.05) is 38.1 Å². The van der Waals surface area contributed by atoms with Gasteiger partial charge in [-0.25, -0.2) is 4.57 Å². The maximum Gasteiger partial charge on any atom is 0.226 e. The minimum Gasteiger partial charge on any atom is -0.491 e. The second kappa shape index (κ2) is 13.6. The molecule has 0 aliphatic rings. The van der Waals surface area contributed by atoms with Gasteiger partial charge in [0.25, 0.3) is 0 Å². The zero-order valence-corrected chi connectivity index (χ0v) is 24.2. The van der Waals surface area contributed by atoms with Crippen molar-refractivity contribution in [3.8, 4) is 16.9 Å². The number of hydrogen-bond acceptors (Lipinski definition) is 2. The van der Waals surface area contributed by atoms with Gasteiger partial charge in [0.05, 0.1) is 22.6 Å². The van der Waals surface area contributed by atoms with Crippen molar-refractivity contribution in [1.82, 2.24) is 4.90 Å². The van der Waals surface area contributed by atoms with Gasteiger partial charge in [-0.15, -0.1) is 0 Å². The van der Waals surface area contributed by atoms with E-state index in [-0.39, 0.29) is 17.9 Å². The van der Waals surface area contributed by atoms with Crippen molar-refractivity contribution in [2.45, 2.75) is 45.3 Å². The van der Waals surface area contributed by atoms with Crippen LogP contribution in [0.25, 0.3) is 11.1 Å². The number of ether oxygens (including phenoxy) is 1. The number of halogens is 2. The molecular weight excluding hydrogens is 527 g/mol. The van der Waals surface area contributed by atoms with Crippen LogP contribution in [0.5, 0.6) is 5.75 Å². The van der Waals surface area contributed by atoms with Crippen molar-refractivity contribution in [1.29, 1.82) is 0 Å². The number of carbonyl (C=O) groups excluding carboxylic acids is 1. The molecule has 0 bridgehead atoms. The van der Waals surface area contributed by atoms with Crippen LogP contribution in [-0.2, 0) is 17.8 Å². The highest BCUT2D eigenvalue weighted by molar-refractivity contribution is 6.42. The SMILES string of the molecule is CC(C)Oc1cccc(CC(=O)N(C)CC(CC[n+]2ccc(-c3ccccc3)cc2)c2ccc(Cl)c(Cl)c2)c1. The molecule has 1 heterocycles. The molecule has 1 atom stereocenters. The minimum absolute atomic E-state index is 0.0571. The van der Waals surface area contributed by atoms with E-state index in [1.165, 1.54) is 11.1 Å². The maximum atomic E-state index is 13.2. The van der Waals surface area contributed by atoms with E-state index < -0.39 is 0 Å². The summed E-state index contributed by atoms with van der Waals surface area (Å²) in [6.45, 7) is 5.35. The summed E-state index contributed by atoms with van der Waals surface area (Å²) in [5, 5.41) is 1.05. The number of benzene rings is 3. The van der Waals surface area contributed by atoms with Crippen molar-refractivity contribution >= 4 is 29.1 Å². The molecule has 3 aromatic carbocycles. The fraction of sp³-hybridized carbons (Fsp3) is 0.273. The van der Waals surface area contributed by atoms with Crippen LogP contribution >= 0.6 is 23.2 Å². The van der Waals surface area contributed by atoms with Crippen LogP contribution in [0.3, 0.4) is 0 Å². The Kier molecular flexibility index (Phi) is 10.0. The maximum absolute atomic E-state index is 13.2. The van der Waals surface area contributed by atoms with E-state index in [0.717, 1.165) is 29.8 Å². The van der Waals surface area contributed by atoms with Gasteiger partial charge in [0.1, 0.15) is 12.3 Å². The van der Waals surface area contributed by atoms with Gasteiger partial charge in [-0.05, 0) is 60.4 Å². The Labute approximate surface area is 241 Å². The molecule has 6 heteroatoms. The molecule has 4 rings (SSSR count). The lowest BCUT2D eigenvalue weighted by atomic mass is 9.94. The van der Waals surface area contributed by atoms with Crippen LogP contribution in [0.1, 0.15) is 37.3 Å². The highest BCUT2D eigenvalue weighted by Crippen LogP contribution is 2.29. The molecule has 0 radical (unpaired) electrons. The van der Waals surface area contributed by atoms with Gasteiger partial charge in [-0.2, -0.15) is 0 Å². The summed E-state index contributed by atoms with van der Waals surface area (Å²) in [4.78, 5) is 15.0. The summed E-state index contributed by atoms with van der Waals surface area (Å²) >= 11 is 12.6. The molecule has 0 saturated carbocycles. The molecule has 0 N–H and O–H groups in total. The van der Waals surface area contributed by atoms with Crippen molar-refractivity contribution < 1.29 is 14.1 Å². The fourth-order valence-corrected chi connectivity index (χ4v) is 4.91. The summed E-state index contributed by atoms with van der Waals surface area (Å²) in [5.74, 6) is 0.925. The zero-order valence-electron chi connectivity index (χ0n) is 22.7. The third-order valence-corrected chi connectivity index (χ3v) is 7.43. The first-order valence-corrected chi connectivity index (χ1v) is 14.0. The van der Waals surface area contributed by atoms with E-state index in [2.05, 4.69) is 41.2 Å². The first-order valence-electron chi connectivity index (χ1n) is 13.3. The Morgan fingerprint density at radius 3 is 2.28 bits per heavy atom. The monoisotopic (exact) mass is 561 g/mol. The molecule has 0 aliphatic carbocycles. The van der Waals surface area contributed by atoms with Gasteiger partial charge in [0.15, 0.2) is 12.4 Å². The molecule has 4 aromatic rings. The van der Waals surface area contributed by atoms with Crippen molar-refractivity contribution in [3.05, 3.63) is 118 Å². The number of rotatable bonds is 11. The molecular formula is C33H35Cl2N2O2+.